The van der Waals surface area contributed by atoms with Crippen molar-refractivity contribution >= 4 is 22.8 Å². The minimum atomic E-state index is -0.111. The van der Waals surface area contributed by atoms with Crippen LogP contribution in [0, 0.1) is 13.8 Å². The number of aromatic nitrogens is 3. The first-order chi connectivity index (χ1) is 11.6. The van der Waals surface area contributed by atoms with Gasteiger partial charge in [0.2, 0.25) is 5.95 Å². The number of pyridine rings is 1. The molecule has 0 fully saturated rings. The van der Waals surface area contributed by atoms with E-state index in [1.807, 2.05) is 26.0 Å². The summed E-state index contributed by atoms with van der Waals surface area (Å²) in [6, 6.07) is 6.11. The van der Waals surface area contributed by atoms with E-state index < -0.39 is 0 Å². The van der Waals surface area contributed by atoms with Gasteiger partial charge in [0, 0.05) is 23.0 Å². The molecule has 3 aromatic rings. The van der Waals surface area contributed by atoms with Crippen LogP contribution in [0.2, 0.25) is 0 Å². The number of imidazole rings is 1. The molecule has 5 heteroatoms. The first-order valence-electron chi connectivity index (χ1n) is 8.37. The van der Waals surface area contributed by atoms with Crippen LogP contribution in [0.5, 0.6) is 0 Å². The number of aryl methyl sites for hydroxylation is 3. The van der Waals surface area contributed by atoms with Crippen LogP contribution in [0.1, 0.15) is 45.7 Å². The highest BCUT2D eigenvalue weighted by molar-refractivity contribution is 6.13. The van der Waals surface area contributed by atoms with Gasteiger partial charge in [0.05, 0.1) is 11.1 Å². The number of amides is 1. The Hall–Kier alpha value is -2.69. The highest BCUT2D eigenvalue weighted by atomic mass is 16.1. The molecule has 122 valence electrons. The fourth-order valence-corrected chi connectivity index (χ4v) is 3.44. The Kier molecular flexibility index (Phi) is 3.56. The second-order valence-corrected chi connectivity index (χ2v) is 6.51. The largest absolute Gasteiger partial charge is 0.328 e. The lowest BCUT2D eigenvalue weighted by Crippen LogP contribution is -2.19. The maximum Gasteiger partial charge on any atom is 0.259 e. The second-order valence-electron chi connectivity index (χ2n) is 6.51. The molecule has 2 heterocycles. The predicted molar refractivity (Wildman–Crippen MR) is 94.4 cm³/mol. The number of rotatable bonds is 2. The third-order valence-electron chi connectivity index (χ3n) is 4.58. The number of nitrogens with one attached hydrogen (secondary N) is 2. The van der Waals surface area contributed by atoms with Crippen molar-refractivity contribution in [3.05, 3.63) is 52.5 Å². The number of H-pyrrole nitrogens is 1. The Balaban J connectivity index is 1.87. The maximum atomic E-state index is 13.0. The summed E-state index contributed by atoms with van der Waals surface area (Å²) in [5, 5.41) is 3.83. The summed E-state index contributed by atoms with van der Waals surface area (Å²) in [6.45, 7) is 3.95. The summed E-state index contributed by atoms with van der Waals surface area (Å²) < 4.78 is 0. The third-order valence-corrected chi connectivity index (χ3v) is 4.58. The standard InChI is InChI=1S/C19H20N4O/c1-11-7-8-16-14(9-11)17(13-5-3-4-6-15(13)22-16)18(24)23-19-20-10-12(2)21-19/h7-10H,3-6H2,1-2H3,(H2,20,21,23,24). The summed E-state index contributed by atoms with van der Waals surface area (Å²) in [5.41, 5.74) is 5.86. The lowest BCUT2D eigenvalue weighted by molar-refractivity contribution is 0.102. The van der Waals surface area contributed by atoms with Gasteiger partial charge in [-0.2, -0.15) is 0 Å². The smallest absolute Gasteiger partial charge is 0.259 e. The SMILES string of the molecule is Cc1ccc2nc3c(c(C(=O)Nc4ncc(C)[nH]4)c2c1)CCCC3. The van der Waals surface area contributed by atoms with Crippen molar-refractivity contribution in [1.29, 1.82) is 0 Å². The van der Waals surface area contributed by atoms with Crippen molar-refractivity contribution < 1.29 is 4.79 Å². The van der Waals surface area contributed by atoms with Gasteiger partial charge in [0.1, 0.15) is 0 Å². The van der Waals surface area contributed by atoms with Crippen LogP contribution in [-0.2, 0) is 12.8 Å². The highest BCUT2D eigenvalue weighted by Crippen LogP contribution is 2.30. The first kappa shape index (κ1) is 14.9. The van der Waals surface area contributed by atoms with Crippen molar-refractivity contribution in [3.8, 4) is 0 Å². The number of anilines is 1. The van der Waals surface area contributed by atoms with Gasteiger partial charge in [-0.3, -0.25) is 15.1 Å². The molecule has 1 aliphatic rings. The first-order valence-corrected chi connectivity index (χ1v) is 8.37. The Morgan fingerprint density at radius 3 is 2.83 bits per heavy atom. The van der Waals surface area contributed by atoms with E-state index in [0.29, 0.717) is 5.95 Å². The molecule has 5 nitrogen and oxygen atoms in total. The maximum absolute atomic E-state index is 13.0. The molecule has 24 heavy (non-hydrogen) atoms. The van der Waals surface area contributed by atoms with Gasteiger partial charge in [0.15, 0.2) is 0 Å². The molecule has 0 radical (unpaired) electrons. The molecule has 1 amide bonds. The number of nitrogens with zero attached hydrogens (tertiary/aromatic N) is 2. The fourth-order valence-electron chi connectivity index (χ4n) is 3.44. The molecule has 2 N–H and O–H groups in total. The molecule has 1 aromatic carbocycles. The zero-order valence-corrected chi connectivity index (χ0v) is 13.9. The van der Waals surface area contributed by atoms with E-state index in [1.54, 1.807) is 6.20 Å². The minimum Gasteiger partial charge on any atom is -0.328 e. The van der Waals surface area contributed by atoms with Gasteiger partial charge in [0.25, 0.3) is 5.91 Å². The monoisotopic (exact) mass is 320 g/mol. The van der Waals surface area contributed by atoms with Crippen LogP contribution in [0.3, 0.4) is 0 Å². The Labute approximate surface area is 140 Å². The quantitative estimate of drug-likeness (QED) is 0.756. The number of fused-ring (bicyclic) bond motifs is 2. The Morgan fingerprint density at radius 2 is 2.04 bits per heavy atom. The van der Waals surface area contributed by atoms with Gasteiger partial charge in [-0.15, -0.1) is 0 Å². The summed E-state index contributed by atoms with van der Waals surface area (Å²) >= 11 is 0. The fraction of sp³-hybridized carbons (Fsp3) is 0.316. The van der Waals surface area contributed by atoms with E-state index >= 15 is 0 Å². The number of hydrogen-bond acceptors (Lipinski definition) is 3. The Bertz CT molecular complexity index is 942. The molecule has 0 aliphatic heterocycles. The summed E-state index contributed by atoms with van der Waals surface area (Å²) in [7, 11) is 0. The van der Waals surface area contributed by atoms with Gasteiger partial charge in [-0.05, 0) is 57.2 Å². The zero-order valence-electron chi connectivity index (χ0n) is 13.9. The number of carbonyl (C=O) groups excluding carboxylic acids is 1. The lowest BCUT2D eigenvalue weighted by atomic mass is 9.89. The van der Waals surface area contributed by atoms with Crippen LogP contribution in [0.15, 0.2) is 24.4 Å². The van der Waals surface area contributed by atoms with Gasteiger partial charge < -0.3 is 4.98 Å². The van der Waals surface area contributed by atoms with E-state index in [9.17, 15) is 4.79 Å². The molecular formula is C19H20N4O. The average Bonchev–Trinajstić information content (AvgIpc) is 2.97. The summed E-state index contributed by atoms with van der Waals surface area (Å²) in [4.78, 5) is 25.1. The normalized spacial score (nSPS) is 13.8. The molecule has 0 saturated carbocycles. The molecule has 0 spiro atoms. The van der Waals surface area contributed by atoms with Crippen LogP contribution < -0.4 is 5.32 Å². The molecule has 1 aliphatic carbocycles. The van der Waals surface area contributed by atoms with E-state index in [1.165, 1.54) is 0 Å². The molecule has 0 unspecified atom stereocenters. The molecular weight excluding hydrogens is 300 g/mol. The number of benzene rings is 1. The van der Waals surface area contributed by atoms with Crippen molar-refractivity contribution in [3.63, 3.8) is 0 Å². The van der Waals surface area contributed by atoms with Crippen molar-refractivity contribution in [1.82, 2.24) is 15.0 Å². The number of carbonyl (C=O) groups is 1. The zero-order chi connectivity index (χ0) is 16.7. The topological polar surface area (TPSA) is 70.7 Å². The van der Waals surface area contributed by atoms with Gasteiger partial charge in [-0.25, -0.2) is 4.98 Å². The summed E-state index contributed by atoms with van der Waals surface area (Å²) in [5.74, 6) is 0.375. The molecule has 0 bridgehead atoms. The third kappa shape index (κ3) is 2.56. The van der Waals surface area contributed by atoms with Crippen molar-refractivity contribution in [2.45, 2.75) is 39.5 Å². The van der Waals surface area contributed by atoms with Crippen molar-refractivity contribution in [2.24, 2.45) is 0 Å². The molecule has 0 atom stereocenters. The minimum absolute atomic E-state index is 0.111. The van der Waals surface area contributed by atoms with Crippen LogP contribution >= 0.6 is 0 Å². The van der Waals surface area contributed by atoms with Crippen molar-refractivity contribution in [2.75, 3.05) is 5.32 Å². The highest BCUT2D eigenvalue weighted by Gasteiger charge is 2.23. The Morgan fingerprint density at radius 1 is 1.21 bits per heavy atom. The summed E-state index contributed by atoms with van der Waals surface area (Å²) in [6.07, 6.45) is 5.80. The molecule has 0 saturated heterocycles. The second kappa shape index (κ2) is 5.74. The van der Waals surface area contributed by atoms with Crippen LogP contribution in [0.4, 0.5) is 5.95 Å². The average molecular weight is 320 g/mol. The van der Waals surface area contributed by atoms with Crippen LogP contribution in [0.25, 0.3) is 10.9 Å². The van der Waals surface area contributed by atoms with Gasteiger partial charge in [-0.1, -0.05) is 11.6 Å². The lowest BCUT2D eigenvalue weighted by Gasteiger charge is -2.20. The number of aromatic amines is 1. The number of hydrogen-bond donors (Lipinski definition) is 2. The molecule has 2 aromatic heterocycles. The van der Waals surface area contributed by atoms with Crippen LogP contribution in [-0.4, -0.2) is 20.9 Å². The van der Waals surface area contributed by atoms with E-state index in [2.05, 4.69) is 21.4 Å². The molecule has 4 rings (SSSR count). The predicted octanol–water partition coefficient (Wildman–Crippen LogP) is 3.71. The van der Waals surface area contributed by atoms with E-state index in [0.717, 1.165) is 64.7 Å². The van der Waals surface area contributed by atoms with E-state index in [-0.39, 0.29) is 5.91 Å². The van der Waals surface area contributed by atoms with Gasteiger partial charge >= 0.3 is 0 Å². The van der Waals surface area contributed by atoms with E-state index in [4.69, 9.17) is 4.98 Å².